The number of aryl methyl sites for hydroxylation is 1. The Hall–Kier alpha value is -8.68. The summed E-state index contributed by atoms with van der Waals surface area (Å²) in [6.45, 7) is 13.8. The number of para-hydroxylation sites is 3. The molecule has 6 heterocycles. The zero-order chi connectivity index (χ0) is 48.2. The molecule has 2 bridgehead atoms. The van der Waals surface area contributed by atoms with Crippen LogP contribution in [0.25, 0.3) is 120 Å². The molecule has 1 aliphatic rings. The zero-order valence-corrected chi connectivity index (χ0v) is 41.3. The van der Waals surface area contributed by atoms with Crippen LogP contribution in [0.3, 0.4) is 0 Å². The van der Waals surface area contributed by atoms with E-state index in [-0.39, 0.29) is 0 Å². The standard InChI is InChI=1S/C66H44N4S2/c1-5-20-51-50-29-13-18-34-59(50)72-65(51)41(4)61-60-43-23-19-24-44(36-43)70-57-32-16-11-28-49(57)53-38-45(69-55-30-14-9-26-47(55)48-27-10-15-31-56(48)69)37-52(63(53)70)39(2)35-54(64-40(3)46-25-12-17-33-58(46)71-64)62(60)68-66(67-61)42-21-7-6-8-22-42/h5-38H,1-2H2,3-4H3/b51-20-,54-35?,65-41-. The number of hydrogen-bond donors (Lipinski definition) is 0. The maximum absolute atomic E-state index is 5.79. The summed E-state index contributed by atoms with van der Waals surface area (Å²) < 4.78 is 8.47. The van der Waals surface area contributed by atoms with Crippen LogP contribution in [-0.4, -0.2) is 19.1 Å². The van der Waals surface area contributed by atoms with Crippen LogP contribution in [0.2, 0.25) is 0 Å². The smallest absolute Gasteiger partial charge is 0.160 e. The Balaban J connectivity index is 1.17. The molecule has 5 aromatic heterocycles. The quantitative estimate of drug-likeness (QED) is 0.172. The Bertz CT molecular complexity index is 4580. The predicted octanol–water partition coefficient (Wildman–Crippen LogP) is 16.4. The van der Waals surface area contributed by atoms with Gasteiger partial charge in [-0.25, -0.2) is 9.97 Å². The molecule has 0 radical (unpaired) electrons. The Morgan fingerprint density at radius 1 is 0.556 bits per heavy atom. The van der Waals surface area contributed by atoms with Gasteiger partial charge in [0.25, 0.3) is 0 Å². The van der Waals surface area contributed by atoms with E-state index in [4.69, 9.17) is 16.5 Å². The average molecular weight is 957 g/mol. The molecule has 0 fully saturated rings. The number of hydrogen-bond acceptors (Lipinski definition) is 4. The summed E-state index contributed by atoms with van der Waals surface area (Å²) in [7, 11) is 0. The van der Waals surface area contributed by atoms with Crippen LogP contribution in [-0.2, 0) is 0 Å². The van der Waals surface area contributed by atoms with Crippen molar-refractivity contribution in [1.29, 1.82) is 0 Å². The molecule has 8 aromatic carbocycles. The Labute approximate surface area is 424 Å². The monoisotopic (exact) mass is 956 g/mol. The van der Waals surface area contributed by atoms with Crippen molar-refractivity contribution in [2.24, 2.45) is 0 Å². The van der Waals surface area contributed by atoms with E-state index in [9.17, 15) is 0 Å². The second kappa shape index (κ2) is 16.5. The minimum Gasteiger partial charge on any atom is -0.309 e. The molecule has 0 atom stereocenters. The molecule has 0 saturated carbocycles. The van der Waals surface area contributed by atoms with Gasteiger partial charge in [-0.1, -0.05) is 159 Å². The average Bonchev–Trinajstić information content (AvgIpc) is 4.17. The van der Waals surface area contributed by atoms with Gasteiger partial charge in [-0.3, -0.25) is 0 Å². The van der Waals surface area contributed by atoms with Crippen molar-refractivity contribution < 1.29 is 0 Å². The third kappa shape index (κ3) is 6.36. The molecule has 0 aliphatic carbocycles. The van der Waals surface area contributed by atoms with Gasteiger partial charge in [0.1, 0.15) is 0 Å². The molecular weight excluding hydrogens is 913 g/mol. The van der Waals surface area contributed by atoms with Gasteiger partial charge < -0.3 is 9.13 Å². The molecule has 0 spiro atoms. The fourth-order valence-corrected chi connectivity index (χ4v) is 13.7. The van der Waals surface area contributed by atoms with E-state index in [1.165, 1.54) is 41.9 Å². The largest absolute Gasteiger partial charge is 0.309 e. The molecule has 1 aliphatic heterocycles. The van der Waals surface area contributed by atoms with Crippen LogP contribution < -0.4 is 9.75 Å². The van der Waals surface area contributed by atoms with Gasteiger partial charge >= 0.3 is 0 Å². The normalized spacial score (nSPS) is 13.3. The lowest BCUT2D eigenvalue weighted by Gasteiger charge is -2.19. The number of allylic oxidation sites excluding steroid dienone is 3. The van der Waals surface area contributed by atoms with Crippen LogP contribution in [0.15, 0.2) is 213 Å². The van der Waals surface area contributed by atoms with Crippen molar-refractivity contribution in [2.45, 2.75) is 13.8 Å². The van der Waals surface area contributed by atoms with E-state index in [2.05, 4.69) is 230 Å². The summed E-state index contributed by atoms with van der Waals surface area (Å²) >= 11 is 3.61. The van der Waals surface area contributed by atoms with Crippen LogP contribution in [0.5, 0.6) is 0 Å². The second-order valence-electron chi connectivity index (χ2n) is 18.7. The topological polar surface area (TPSA) is 35.6 Å². The van der Waals surface area contributed by atoms with Gasteiger partial charge in [-0.15, -0.1) is 22.7 Å². The van der Waals surface area contributed by atoms with E-state index >= 15 is 0 Å². The third-order valence-electron chi connectivity index (χ3n) is 14.5. The number of nitrogens with zero attached hydrogens (tertiary/aromatic N) is 4. The first-order valence-corrected chi connectivity index (χ1v) is 25.9. The highest BCUT2D eigenvalue weighted by atomic mass is 32.1. The highest BCUT2D eigenvalue weighted by molar-refractivity contribution is 7.20. The minimum atomic E-state index is 0.661. The lowest BCUT2D eigenvalue weighted by atomic mass is 9.91. The van der Waals surface area contributed by atoms with Crippen LogP contribution >= 0.6 is 22.7 Å². The van der Waals surface area contributed by atoms with Gasteiger partial charge in [0.05, 0.1) is 33.5 Å². The van der Waals surface area contributed by atoms with Crippen LogP contribution in [0.4, 0.5) is 0 Å². The molecular formula is C66H44N4S2. The Kier molecular flexibility index (Phi) is 9.65. The molecule has 340 valence electrons. The Morgan fingerprint density at radius 2 is 1.15 bits per heavy atom. The third-order valence-corrected chi connectivity index (χ3v) is 17.2. The molecule has 14 rings (SSSR count). The highest BCUT2D eigenvalue weighted by Crippen LogP contribution is 2.47. The number of rotatable bonds is 5. The number of benzene rings is 8. The number of thiophene rings is 2. The van der Waals surface area contributed by atoms with Crippen LogP contribution in [0.1, 0.15) is 34.3 Å². The highest BCUT2D eigenvalue weighted by Gasteiger charge is 2.28. The fraction of sp³-hybridized carbons (Fsp3) is 0.0303. The molecule has 72 heavy (non-hydrogen) atoms. The molecule has 0 N–H and O–H groups in total. The van der Waals surface area contributed by atoms with Crippen LogP contribution in [0, 0.1) is 6.92 Å². The fourth-order valence-electron chi connectivity index (χ4n) is 11.3. The zero-order valence-electron chi connectivity index (χ0n) is 39.6. The lowest BCUT2D eigenvalue weighted by molar-refractivity contribution is 1.12. The SMILES string of the molecule is C=C/C=c1\c(=C(/C)c2nc(-c3ccccc3)nc3c2-c2cccc(c2)-n2c4ccccc4c4cc(-n5c6ccccc6c6ccccc65)cc(c42)C(=C)C=C3c2sc3ccccc3c2C)sc2ccccc12. The van der Waals surface area contributed by atoms with E-state index in [0.717, 1.165) is 104 Å². The van der Waals surface area contributed by atoms with Crippen molar-refractivity contribution in [1.82, 2.24) is 19.1 Å². The summed E-state index contributed by atoms with van der Waals surface area (Å²) in [6.07, 6.45) is 6.37. The number of aromatic nitrogens is 4. The van der Waals surface area contributed by atoms with E-state index in [1.807, 2.05) is 17.4 Å². The van der Waals surface area contributed by atoms with Gasteiger partial charge in [-0.05, 0) is 102 Å². The summed E-state index contributed by atoms with van der Waals surface area (Å²) in [5.74, 6) is 0.661. The van der Waals surface area contributed by atoms with E-state index in [0.29, 0.717) is 5.82 Å². The van der Waals surface area contributed by atoms with Gasteiger partial charge in [0.15, 0.2) is 5.82 Å². The first-order valence-electron chi connectivity index (χ1n) is 24.3. The second-order valence-corrected chi connectivity index (χ2v) is 20.8. The molecule has 0 amide bonds. The maximum Gasteiger partial charge on any atom is 0.160 e. The Morgan fingerprint density at radius 3 is 1.85 bits per heavy atom. The molecule has 4 nitrogen and oxygen atoms in total. The van der Waals surface area contributed by atoms with Crippen molar-refractivity contribution in [3.8, 4) is 33.9 Å². The van der Waals surface area contributed by atoms with Crippen molar-refractivity contribution >= 4 is 109 Å². The predicted molar refractivity (Wildman–Crippen MR) is 308 cm³/mol. The minimum absolute atomic E-state index is 0.661. The maximum atomic E-state index is 5.79. The first kappa shape index (κ1) is 42.2. The molecule has 13 aromatic rings. The molecule has 0 unspecified atom stereocenters. The van der Waals surface area contributed by atoms with Crippen molar-refractivity contribution in [3.63, 3.8) is 0 Å². The molecule has 6 heteroatoms. The van der Waals surface area contributed by atoms with Gasteiger partial charge in [0, 0.05) is 84.6 Å². The first-order chi connectivity index (χ1) is 35.4. The lowest BCUT2D eigenvalue weighted by Crippen LogP contribution is -2.22. The molecule has 0 saturated heterocycles. The van der Waals surface area contributed by atoms with Crippen molar-refractivity contribution in [2.75, 3.05) is 0 Å². The number of fused-ring (bicyclic) bond motifs is 13. The van der Waals surface area contributed by atoms with Crippen molar-refractivity contribution in [3.05, 3.63) is 251 Å². The van der Waals surface area contributed by atoms with E-state index < -0.39 is 0 Å². The summed E-state index contributed by atoms with van der Waals surface area (Å²) in [6, 6.07) is 67.9. The van der Waals surface area contributed by atoms with Gasteiger partial charge in [0.2, 0.25) is 0 Å². The van der Waals surface area contributed by atoms with E-state index in [1.54, 1.807) is 11.3 Å². The summed E-state index contributed by atoms with van der Waals surface area (Å²) in [4.78, 5) is 12.6. The summed E-state index contributed by atoms with van der Waals surface area (Å²) in [5, 5.41) is 8.34. The summed E-state index contributed by atoms with van der Waals surface area (Å²) in [5.41, 5.74) is 16.5. The van der Waals surface area contributed by atoms with Gasteiger partial charge in [-0.2, -0.15) is 0 Å².